The van der Waals surface area contributed by atoms with Crippen molar-refractivity contribution in [3.05, 3.63) is 28.1 Å². The number of aromatic nitrogens is 1. The molecule has 0 atom stereocenters. The SMILES string of the molecule is Cc1[nH]c(/C=C2/C(=O)NN=C2C2CC2)c(C2CC2)c1CCCCN1CCCC1. The molecule has 4 aliphatic rings. The van der Waals surface area contributed by atoms with Crippen LogP contribution in [0.3, 0.4) is 0 Å². The zero-order valence-corrected chi connectivity index (χ0v) is 17.0. The van der Waals surface area contributed by atoms with Gasteiger partial charge in [-0.15, -0.1) is 0 Å². The summed E-state index contributed by atoms with van der Waals surface area (Å²) >= 11 is 0. The highest BCUT2D eigenvalue weighted by molar-refractivity contribution is 6.28. The Bertz CT molecular complexity index is 820. The number of aromatic amines is 1. The first-order valence-corrected chi connectivity index (χ1v) is 11.2. The molecule has 0 aromatic carbocycles. The molecule has 3 heterocycles. The van der Waals surface area contributed by atoms with Gasteiger partial charge in [-0.3, -0.25) is 4.79 Å². The zero-order chi connectivity index (χ0) is 19.1. The number of amides is 1. The number of unbranched alkanes of at least 4 members (excludes halogenated alkanes) is 1. The molecule has 2 aliphatic heterocycles. The van der Waals surface area contributed by atoms with Crippen molar-refractivity contribution in [1.29, 1.82) is 0 Å². The normalized spacial score (nSPS) is 24.2. The van der Waals surface area contributed by atoms with E-state index in [0.717, 1.165) is 36.2 Å². The molecule has 5 rings (SSSR count). The minimum absolute atomic E-state index is 0.0388. The number of hydrazone groups is 1. The van der Waals surface area contributed by atoms with Crippen molar-refractivity contribution in [2.24, 2.45) is 11.0 Å². The Morgan fingerprint density at radius 1 is 1.11 bits per heavy atom. The molecule has 150 valence electrons. The van der Waals surface area contributed by atoms with E-state index in [4.69, 9.17) is 0 Å². The van der Waals surface area contributed by atoms with Gasteiger partial charge in [0, 0.05) is 17.3 Å². The van der Waals surface area contributed by atoms with Crippen molar-refractivity contribution in [2.45, 2.75) is 70.6 Å². The van der Waals surface area contributed by atoms with Crippen LogP contribution in [0.2, 0.25) is 0 Å². The van der Waals surface area contributed by atoms with Gasteiger partial charge in [0.1, 0.15) is 0 Å². The topological polar surface area (TPSA) is 60.5 Å². The minimum atomic E-state index is -0.0388. The van der Waals surface area contributed by atoms with E-state index in [1.807, 2.05) is 0 Å². The molecule has 1 aromatic heterocycles. The maximum absolute atomic E-state index is 12.3. The molecule has 0 spiro atoms. The van der Waals surface area contributed by atoms with Crippen LogP contribution in [0.4, 0.5) is 0 Å². The summed E-state index contributed by atoms with van der Waals surface area (Å²) in [6, 6.07) is 0. The number of nitrogens with zero attached hydrogens (tertiary/aromatic N) is 2. The van der Waals surface area contributed by atoms with Crippen LogP contribution in [0.1, 0.15) is 79.8 Å². The number of hydrogen-bond acceptors (Lipinski definition) is 3. The van der Waals surface area contributed by atoms with E-state index in [-0.39, 0.29) is 5.91 Å². The first-order valence-electron chi connectivity index (χ1n) is 11.2. The van der Waals surface area contributed by atoms with E-state index in [1.165, 1.54) is 75.0 Å². The molecule has 2 N–H and O–H groups in total. The van der Waals surface area contributed by atoms with E-state index in [2.05, 4.69) is 33.4 Å². The van der Waals surface area contributed by atoms with Crippen LogP contribution in [0.25, 0.3) is 6.08 Å². The van der Waals surface area contributed by atoms with Gasteiger partial charge in [-0.05, 0) is 107 Å². The average Bonchev–Trinajstić information content (AvgIpc) is 3.59. The highest BCUT2D eigenvalue weighted by Gasteiger charge is 2.37. The van der Waals surface area contributed by atoms with Gasteiger partial charge >= 0.3 is 0 Å². The highest BCUT2D eigenvalue weighted by atomic mass is 16.2. The van der Waals surface area contributed by atoms with Crippen molar-refractivity contribution in [2.75, 3.05) is 19.6 Å². The number of aryl methyl sites for hydroxylation is 1. The van der Waals surface area contributed by atoms with E-state index in [0.29, 0.717) is 11.8 Å². The second-order valence-electron chi connectivity index (χ2n) is 9.11. The van der Waals surface area contributed by atoms with Crippen molar-refractivity contribution in [3.8, 4) is 0 Å². The predicted molar refractivity (Wildman–Crippen MR) is 112 cm³/mol. The van der Waals surface area contributed by atoms with Crippen molar-refractivity contribution < 1.29 is 4.79 Å². The summed E-state index contributed by atoms with van der Waals surface area (Å²) in [6.07, 6.45) is 13.4. The van der Waals surface area contributed by atoms with Crippen LogP contribution in [-0.2, 0) is 11.2 Å². The number of nitrogens with one attached hydrogen (secondary N) is 2. The lowest BCUT2D eigenvalue weighted by molar-refractivity contribution is -0.116. The monoisotopic (exact) mass is 380 g/mol. The number of carbonyl (C=O) groups excluding carboxylic acids is 1. The Morgan fingerprint density at radius 2 is 1.86 bits per heavy atom. The third-order valence-electron chi connectivity index (χ3n) is 6.78. The predicted octanol–water partition coefficient (Wildman–Crippen LogP) is 3.90. The van der Waals surface area contributed by atoms with E-state index < -0.39 is 0 Å². The smallest absolute Gasteiger partial charge is 0.273 e. The van der Waals surface area contributed by atoms with Gasteiger partial charge in [0.2, 0.25) is 0 Å². The maximum Gasteiger partial charge on any atom is 0.273 e. The van der Waals surface area contributed by atoms with Crippen molar-refractivity contribution >= 4 is 17.7 Å². The van der Waals surface area contributed by atoms with Crippen molar-refractivity contribution in [3.63, 3.8) is 0 Å². The van der Waals surface area contributed by atoms with E-state index in [9.17, 15) is 4.79 Å². The fraction of sp³-hybridized carbons (Fsp3) is 0.652. The lowest BCUT2D eigenvalue weighted by atomic mass is 9.97. The zero-order valence-electron chi connectivity index (χ0n) is 17.0. The Kier molecular flexibility index (Phi) is 4.87. The van der Waals surface area contributed by atoms with Crippen LogP contribution in [-0.4, -0.2) is 41.1 Å². The second-order valence-corrected chi connectivity index (χ2v) is 9.11. The number of hydrogen-bond donors (Lipinski definition) is 2. The molecule has 1 amide bonds. The van der Waals surface area contributed by atoms with E-state index in [1.54, 1.807) is 0 Å². The Balaban J connectivity index is 1.33. The molecule has 2 aliphatic carbocycles. The summed E-state index contributed by atoms with van der Waals surface area (Å²) in [5.41, 5.74) is 9.89. The molecule has 5 nitrogen and oxygen atoms in total. The number of likely N-dealkylation sites (tertiary alicyclic amines) is 1. The van der Waals surface area contributed by atoms with Crippen LogP contribution < -0.4 is 5.43 Å². The fourth-order valence-corrected chi connectivity index (χ4v) is 4.93. The molecule has 1 saturated heterocycles. The van der Waals surface area contributed by atoms with Gasteiger partial charge in [0.15, 0.2) is 0 Å². The van der Waals surface area contributed by atoms with Crippen LogP contribution in [0, 0.1) is 12.8 Å². The number of rotatable bonds is 8. The third-order valence-corrected chi connectivity index (χ3v) is 6.78. The standard InChI is InChI=1S/C23H32N4O/c1-15-18(6-2-3-11-27-12-4-5-13-27)21(16-7-8-16)20(24-15)14-19-22(17-9-10-17)25-26-23(19)28/h14,16-17,24H,2-13H2,1H3,(H,26,28)/b19-14+. The quantitative estimate of drug-likeness (QED) is 0.531. The number of H-pyrrole nitrogens is 1. The number of carbonyl (C=O) groups is 1. The molecule has 0 unspecified atom stereocenters. The summed E-state index contributed by atoms with van der Waals surface area (Å²) in [5.74, 6) is 1.12. The van der Waals surface area contributed by atoms with Crippen molar-refractivity contribution in [1.82, 2.24) is 15.3 Å². The molecule has 3 fully saturated rings. The van der Waals surface area contributed by atoms with E-state index >= 15 is 0 Å². The summed E-state index contributed by atoms with van der Waals surface area (Å²) < 4.78 is 0. The maximum atomic E-state index is 12.3. The van der Waals surface area contributed by atoms with Crippen LogP contribution >= 0.6 is 0 Å². The first kappa shape index (κ1) is 18.2. The Hall–Kier alpha value is -1.88. The molecule has 2 saturated carbocycles. The van der Waals surface area contributed by atoms with Crippen LogP contribution in [0.15, 0.2) is 10.7 Å². The molecular weight excluding hydrogens is 348 g/mol. The molecular formula is C23H32N4O. The molecule has 28 heavy (non-hydrogen) atoms. The molecule has 5 heteroatoms. The second kappa shape index (κ2) is 7.51. The van der Waals surface area contributed by atoms with Gasteiger partial charge in [0.25, 0.3) is 5.91 Å². The fourth-order valence-electron chi connectivity index (χ4n) is 4.93. The van der Waals surface area contributed by atoms with Gasteiger partial charge in [-0.1, -0.05) is 0 Å². The largest absolute Gasteiger partial charge is 0.359 e. The summed E-state index contributed by atoms with van der Waals surface area (Å²) in [6.45, 7) is 6.04. The molecule has 0 radical (unpaired) electrons. The Labute approximate surface area is 167 Å². The van der Waals surface area contributed by atoms with Gasteiger partial charge in [-0.25, -0.2) is 5.43 Å². The van der Waals surface area contributed by atoms with Crippen LogP contribution in [0.5, 0.6) is 0 Å². The molecule has 1 aromatic rings. The third kappa shape index (κ3) is 3.69. The summed E-state index contributed by atoms with van der Waals surface area (Å²) in [5, 5.41) is 4.30. The molecule has 0 bridgehead atoms. The summed E-state index contributed by atoms with van der Waals surface area (Å²) in [4.78, 5) is 18.6. The first-order chi connectivity index (χ1) is 13.7. The minimum Gasteiger partial charge on any atom is -0.359 e. The van der Waals surface area contributed by atoms with Gasteiger partial charge < -0.3 is 9.88 Å². The lowest BCUT2D eigenvalue weighted by Crippen LogP contribution is -2.20. The summed E-state index contributed by atoms with van der Waals surface area (Å²) in [7, 11) is 0. The Morgan fingerprint density at radius 3 is 2.57 bits per heavy atom. The van der Waals surface area contributed by atoms with Gasteiger partial charge in [0.05, 0.1) is 11.3 Å². The lowest BCUT2D eigenvalue weighted by Gasteiger charge is -2.14. The highest BCUT2D eigenvalue weighted by Crippen LogP contribution is 2.45. The van der Waals surface area contributed by atoms with Gasteiger partial charge in [-0.2, -0.15) is 5.10 Å². The average molecular weight is 381 g/mol.